The fraction of sp³-hybridized carbons (Fsp3) is 0.571. The quantitative estimate of drug-likeness (QED) is 0.869. The molecule has 1 aliphatic heterocycles. The number of nitrogens with zero attached hydrogens (tertiary/aromatic N) is 3. The molecule has 0 amide bonds. The third-order valence-corrected chi connectivity index (χ3v) is 4.99. The van der Waals surface area contributed by atoms with Gasteiger partial charge in [0.15, 0.2) is 0 Å². The van der Waals surface area contributed by atoms with E-state index in [1.165, 1.54) is 13.1 Å². The fourth-order valence-corrected chi connectivity index (χ4v) is 3.77. The highest BCUT2D eigenvalue weighted by molar-refractivity contribution is 5.87. The van der Waals surface area contributed by atoms with E-state index in [1.807, 2.05) is 6.20 Å². The van der Waals surface area contributed by atoms with Crippen molar-refractivity contribution in [1.29, 1.82) is 0 Å². The van der Waals surface area contributed by atoms with Crippen molar-refractivity contribution < 1.29 is 0 Å². The Hall–Kier alpha value is -1.62. The first-order valence-electron chi connectivity index (χ1n) is 6.99. The maximum Gasteiger partial charge on any atom is 0.142 e. The highest BCUT2D eigenvalue weighted by Crippen LogP contribution is 2.52. The van der Waals surface area contributed by atoms with Crippen LogP contribution in [-0.4, -0.2) is 41.1 Å². The molecule has 100 valence electrons. The van der Waals surface area contributed by atoms with Crippen molar-refractivity contribution in [2.24, 2.45) is 17.8 Å². The van der Waals surface area contributed by atoms with Gasteiger partial charge in [-0.05, 0) is 43.8 Å². The molecule has 0 spiro atoms. The van der Waals surface area contributed by atoms with Gasteiger partial charge in [0.05, 0.1) is 5.39 Å². The average molecular weight is 257 g/mol. The maximum atomic E-state index is 4.48. The zero-order valence-electron chi connectivity index (χ0n) is 11.3. The number of fused-ring (bicyclic) bond motifs is 2. The lowest BCUT2D eigenvalue weighted by molar-refractivity contribution is 0.501. The van der Waals surface area contributed by atoms with Crippen molar-refractivity contribution in [1.82, 2.24) is 20.3 Å². The van der Waals surface area contributed by atoms with Crippen LogP contribution in [0.2, 0.25) is 0 Å². The largest absolute Gasteiger partial charge is 0.356 e. The second-order valence-corrected chi connectivity index (χ2v) is 5.85. The van der Waals surface area contributed by atoms with Gasteiger partial charge in [0.25, 0.3) is 0 Å². The van der Waals surface area contributed by atoms with E-state index in [0.29, 0.717) is 6.04 Å². The van der Waals surface area contributed by atoms with Gasteiger partial charge in [-0.25, -0.2) is 9.97 Å². The van der Waals surface area contributed by atoms with Gasteiger partial charge in [0, 0.05) is 19.3 Å². The summed E-state index contributed by atoms with van der Waals surface area (Å²) in [5.74, 6) is 3.61. The number of rotatable bonds is 3. The van der Waals surface area contributed by atoms with Crippen molar-refractivity contribution in [3.05, 3.63) is 18.6 Å². The average Bonchev–Trinajstić information content (AvgIpc) is 2.87. The highest BCUT2D eigenvalue weighted by atomic mass is 15.2. The molecule has 2 aromatic rings. The van der Waals surface area contributed by atoms with E-state index in [2.05, 4.69) is 45.2 Å². The number of H-pyrrole nitrogens is 1. The molecule has 5 heteroatoms. The molecule has 4 rings (SSSR count). The Labute approximate surface area is 112 Å². The molecular weight excluding hydrogens is 238 g/mol. The van der Waals surface area contributed by atoms with Crippen LogP contribution in [0.3, 0.4) is 0 Å². The Balaban J connectivity index is 1.63. The van der Waals surface area contributed by atoms with Gasteiger partial charge >= 0.3 is 0 Å². The van der Waals surface area contributed by atoms with Gasteiger partial charge < -0.3 is 15.2 Å². The SMILES string of the molecule is C[C@H]([C@@H]1[C@@H]2CNC[C@@H]21)N(C)c1ncnc2[nH]ccc12. The van der Waals surface area contributed by atoms with Crippen molar-refractivity contribution in [3.8, 4) is 0 Å². The van der Waals surface area contributed by atoms with E-state index >= 15 is 0 Å². The summed E-state index contributed by atoms with van der Waals surface area (Å²) in [7, 11) is 2.15. The second-order valence-electron chi connectivity index (χ2n) is 5.85. The molecule has 2 N–H and O–H groups in total. The van der Waals surface area contributed by atoms with E-state index in [4.69, 9.17) is 0 Å². The zero-order valence-corrected chi connectivity index (χ0v) is 11.3. The minimum Gasteiger partial charge on any atom is -0.356 e. The topological polar surface area (TPSA) is 56.8 Å². The molecule has 2 fully saturated rings. The Bertz CT molecular complexity index is 597. The minimum absolute atomic E-state index is 0.532. The number of hydrogen-bond donors (Lipinski definition) is 2. The van der Waals surface area contributed by atoms with Crippen LogP contribution < -0.4 is 10.2 Å². The zero-order chi connectivity index (χ0) is 13.0. The van der Waals surface area contributed by atoms with Crippen LogP contribution in [0.15, 0.2) is 18.6 Å². The molecule has 0 aromatic carbocycles. The van der Waals surface area contributed by atoms with Crippen LogP contribution in [0.5, 0.6) is 0 Å². The Morgan fingerprint density at radius 3 is 2.89 bits per heavy atom. The maximum absolute atomic E-state index is 4.48. The molecule has 1 saturated heterocycles. The van der Waals surface area contributed by atoms with E-state index in [0.717, 1.165) is 34.6 Å². The lowest BCUT2D eigenvalue weighted by Gasteiger charge is -2.27. The van der Waals surface area contributed by atoms with Gasteiger partial charge in [0.1, 0.15) is 17.8 Å². The standard InChI is InChI=1S/C14H19N5/c1-8(12-10-5-15-6-11(10)12)19(2)14-9-3-4-16-13(9)17-7-18-14/h3-4,7-8,10-12,15H,5-6H2,1-2H3,(H,16,17,18)/t8-,10-,11+,12-/m1/s1. The summed E-state index contributed by atoms with van der Waals surface area (Å²) in [6, 6.07) is 2.59. The smallest absolute Gasteiger partial charge is 0.142 e. The molecule has 5 nitrogen and oxygen atoms in total. The number of nitrogens with one attached hydrogen (secondary N) is 2. The van der Waals surface area contributed by atoms with Crippen LogP contribution in [0.4, 0.5) is 5.82 Å². The monoisotopic (exact) mass is 257 g/mol. The molecule has 3 heterocycles. The molecule has 1 aliphatic carbocycles. The summed E-state index contributed by atoms with van der Waals surface area (Å²) in [6.45, 7) is 4.71. The number of anilines is 1. The van der Waals surface area contributed by atoms with Gasteiger partial charge in [-0.3, -0.25) is 0 Å². The number of piperidine rings is 1. The molecule has 0 radical (unpaired) electrons. The van der Waals surface area contributed by atoms with Gasteiger partial charge in [-0.2, -0.15) is 0 Å². The van der Waals surface area contributed by atoms with Crippen LogP contribution in [0.1, 0.15) is 6.92 Å². The molecule has 2 aromatic heterocycles. The third-order valence-electron chi connectivity index (χ3n) is 4.99. The Morgan fingerprint density at radius 2 is 2.11 bits per heavy atom. The molecule has 19 heavy (non-hydrogen) atoms. The summed E-state index contributed by atoms with van der Waals surface area (Å²) in [5.41, 5.74) is 0.918. The van der Waals surface area contributed by atoms with Crippen molar-refractivity contribution in [2.75, 3.05) is 25.0 Å². The predicted molar refractivity (Wildman–Crippen MR) is 75.1 cm³/mol. The normalized spacial score (nSPS) is 30.3. The van der Waals surface area contributed by atoms with Crippen molar-refractivity contribution in [3.63, 3.8) is 0 Å². The van der Waals surface area contributed by atoms with Crippen molar-refractivity contribution >= 4 is 16.9 Å². The first-order chi connectivity index (χ1) is 9.27. The molecule has 0 unspecified atom stereocenters. The second kappa shape index (κ2) is 3.93. The van der Waals surface area contributed by atoms with Gasteiger partial charge in [0.2, 0.25) is 0 Å². The fourth-order valence-electron chi connectivity index (χ4n) is 3.77. The molecular formula is C14H19N5. The van der Waals surface area contributed by atoms with E-state index in [1.54, 1.807) is 6.33 Å². The first kappa shape index (κ1) is 11.2. The van der Waals surface area contributed by atoms with Crippen molar-refractivity contribution in [2.45, 2.75) is 13.0 Å². The van der Waals surface area contributed by atoms with E-state index in [-0.39, 0.29) is 0 Å². The summed E-state index contributed by atoms with van der Waals surface area (Å²) >= 11 is 0. The minimum atomic E-state index is 0.532. The molecule has 2 aliphatic rings. The first-order valence-corrected chi connectivity index (χ1v) is 6.99. The lowest BCUT2D eigenvalue weighted by Crippen LogP contribution is -2.34. The van der Waals surface area contributed by atoms with Gasteiger partial charge in [-0.1, -0.05) is 0 Å². The highest BCUT2D eigenvalue weighted by Gasteiger charge is 2.55. The van der Waals surface area contributed by atoms with Crippen LogP contribution in [0, 0.1) is 17.8 Å². The molecule has 1 saturated carbocycles. The summed E-state index contributed by atoms with van der Waals surface area (Å²) in [5, 5.41) is 4.57. The van der Waals surface area contributed by atoms with E-state index < -0.39 is 0 Å². The molecule has 4 atom stereocenters. The summed E-state index contributed by atoms with van der Waals surface area (Å²) in [4.78, 5) is 14.2. The van der Waals surface area contributed by atoms with Gasteiger partial charge in [-0.15, -0.1) is 0 Å². The van der Waals surface area contributed by atoms with E-state index in [9.17, 15) is 0 Å². The number of aromatic amines is 1. The van der Waals surface area contributed by atoms with Crippen LogP contribution >= 0.6 is 0 Å². The Morgan fingerprint density at radius 1 is 1.32 bits per heavy atom. The third kappa shape index (κ3) is 1.57. The Kier molecular flexibility index (Phi) is 2.33. The summed E-state index contributed by atoms with van der Waals surface area (Å²) in [6.07, 6.45) is 3.57. The number of aromatic nitrogens is 3. The summed E-state index contributed by atoms with van der Waals surface area (Å²) < 4.78 is 0. The number of hydrogen-bond acceptors (Lipinski definition) is 4. The van der Waals surface area contributed by atoms with Crippen LogP contribution in [-0.2, 0) is 0 Å². The predicted octanol–water partition coefficient (Wildman–Crippen LogP) is 1.25. The lowest BCUT2D eigenvalue weighted by atomic mass is 10.1. The van der Waals surface area contributed by atoms with Crippen LogP contribution in [0.25, 0.3) is 11.0 Å². The molecule has 0 bridgehead atoms.